The predicted molar refractivity (Wildman–Crippen MR) is 97.6 cm³/mol. The first-order valence-electron chi connectivity index (χ1n) is 8.35. The highest BCUT2D eigenvalue weighted by Gasteiger charge is 2.13. The van der Waals surface area contributed by atoms with Crippen LogP contribution >= 0.6 is 0 Å². The summed E-state index contributed by atoms with van der Waals surface area (Å²) in [6.07, 6.45) is 5.02. The first-order chi connectivity index (χ1) is 12.7. The van der Waals surface area contributed by atoms with E-state index in [4.69, 9.17) is 19.2 Å². The van der Waals surface area contributed by atoms with Gasteiger partial charge in [-0.1, -0.05) is 6.07 Å². The Balaban J connectivity index is 2.11. The van der Waals surface area contributed by atoms with Crippen LogP contribution in [0, 0.1) is 11.3 Å². The van der Waals surface area contributed by atoms with Gasteiger partial charge < -0.3 is 18.8 Å². The Hall–Kier alpha value is -3.20. The quantitative estimate of drug-likeness (QED) is 0.643. The standard InChI is InChI=1S/C20H22N2O4/c1-3-25-19-14-16(7-9-18(19)24-2)8-10-20(23)22(12-5-11-21)15-17-6-4-13-26-17/h4,6-10,13-14H,3,5,12,15H2,1-2H3/b10-8+. The van der Waals surface area contributed by atoms with Gasteiger partial charge in [0.25, 0.3) is 0 Å². The summed E-state index contributed by atoms with van der Waals surface area (Å²) in [7, 11) is 1.58. The molecule has 0 saturated carbocycles. The molecule has 0 fully saturated rings. The van der Waals surface area contributed by atoms with E-state index in [0.717, 1.165) is 5.56 Å². The molecule has 26 heavy (non-hydrogen) atoms. The normalized spacial score (nSPS) is 10.5. The van der Waals surface area contributed by atoms with Crippen molar-refractivity contribution in [3.8, 4) is 17.6 Å². The maximum atomic E-state index is 12.5. The zero-order valence-electron chi connectivity index (χ0n) is 15.0. The van der Waals surface area contributed by atoms with Crippen LogP contribution in [0.25, 0.3) is 6.08 Å². The number of ether oxygens (including phenoxy) is 2. The van der Waals surface area contributed by atoms with Crippen molar-refractivity contribution in [2.24, 2.45) is 0 Å². The third-order valence-electron chi connectivity index (χ3n) is 3.64. The summed E-state index contributed by atoms with van der Waals surface area (Å²) in [5, 5.41) is 8.81. The fraction of sp³-hybridized carbons (Fsp3) is 0.300. The molecule has 1 aromatic heterocycles. The number of methoxy groups -OCH3 is 1. The van der Waals surface area contributed by atoms with E-state index < -0.39 is 0 Å². The van der Waals surface area contributed by atoms with E-state index in [1.165, 1.54) is 6.08 Å². The van der Waals surface area contributed by atoms with Crippen molar-refractivity contribution in [1.82, 2.24) is 4.90 Å². The maximum Gasteiger partial charge on any atom is 0.247 e. The Kier molecular flexibility index (Phi) is 7.31. The van der Waals surface area contributed by atoms with Gasteiger partial charge in [-0.25, -0.2) is 0 Å². The lowest BCUT2D eigenvalue weighted by molar-refractivity contribution is -0.126. The predicted octanol–water partition coefficient (Wildman–Crippen LogP) is 3.64. The molecule has 0 atom stereocenters. The SMILES string of the molecule is CCOc1cc(/C=C/C(=O)N(CCC#N)Cc2ccco2)ccc1OC. The zero-order valence-corrected chi connectivity index (χ0v) is 15.0. The molecule has 6 heteroatoms. The number of carbonyl (C=O) groups is 1. The summed E-state index contributed by atoms with van der Waals surface area (Å²) in [6, 6.07) is 11.1. The third-order valence-corrected chi connectivity index (χ3v) is 3.64. The fourth-order valence-electron chi connectivity index (χ4n) is 2.38. The average Bonchev–Trinajstić information content (AvgIpc) is 3.16. The third kappa shape index (κ3) is 5.42. The van der Waals surface area contributed by atoms with Crippen molar-refractivity contribution in [2.45, 2.75) is 19.9 Å². The smallest absolute Gasteiger partial charge is 0.247 e. The van der Waals surface area contributed by atoms with Gasteiger partial charge in [-0.2, -0.15) is 5.26 Å². The molecule has 0 unspecified atom stereocenters. The number of amides is 1. The summed E-state index contributed by atoms with van der Waals surface area (Å²) in [6.45, 7) is 3.08. The Morgan fingerprint density at radius 1 is 1.35 bits per heavy atom. The molecule has 0 radical (unpaired) electrons. The van der Waals surface area contributed by atoms with Crippen LogP contribution in [0.4, 0.5) is 0 Å². The lowest BCUT2D eigenvalue weighted by Gasteiger charge is -2.18. The molecule has 1 amide bonds. The minimum atomic E-state index is -0.189. The van der Waals surface area contributed by atoms with Crippen LogP contribution in [-0.2, 0) is 11.3 Å². The number of nitriles is 1. The van der Waals surface area contributed by atoms with E-state index in [1.807, 2.05) is 19.1 Å². The molecule has 0 aliphatic rings. The number of nitrogens with zero attached hydrogens (tertiary/aromatic N) is 2. The van der Waals surface area contributed by atoms with Crippen molar-refractivity contribution in [2.75, 3.05) is 20.3 Å². The molecule has 1 heterocycles. The molecule has 136 valence electrons. The largest absolute Gasteiger partial charge is 0.493 e. The highest BCUT2D eigenvalue weighted by molar-refractivity contribution is 5.91. The van der Waals surface area contributed by atoms with Gasteiger partial charge in [0.05, 0.1) is 39.0 Å². The van der Waals surface area contributed by atoms with Crippen LogP contribution in [0.15, 0.2) is 47.1 Å². The molecule has 0 aliphatic carbocycles. The van der Waals surface area contributed by atoms with E-state index >= 15 is 0 Å². The molecular weight excluding hydrogens is 332 g/mol. The van der Waals surface area contributed by atoms with Gasteiger partial charge in [0, 0.05) is 12.6 Å². The molecule has 2 rings (SSSR count). The highest BCUT2D eigenvalue weighted by atomic mass is 16.5. The molecule has 0 aliphatic heterocycles. The summed E-state index contributed by atoms with van der Waals surface area (Å²) >= 11 is 0. The molecule has 0 saturated heterocycles. The van der Waals surface area contributed by atoms with Crippen molar-refractivity contribution in [1.29, 1.82) is 5.26 Å². The van der Waals surface area contributed by atoms with E-state index in [9.17, 15) is 4.79 Å². The van der Waals surface area contributed by atoms with Crippen molar-refractivity contribution in [3.05, 3.63) is 54.0 Å². The molecular formula is C20H22N2O4. The Labute approximate surface area is 153 Å². The maximum absolute atomic E-state index is 12.5. The number of furan rings is 1. The van der Waals surface area contributed by atoms with Crippen LogP contribution in [0.3, 0.4) is 0 Å². The molecule has 1 aromatic carbocycles. The summed E-state index contributed by atoms with van der Waals surface area (Å²) in [5.74, 6) is 1.75. The van der Waals surface area contributed by atoms with Gasteiger partial charge in [0.1, 0.15) is 5.76 Å². The second-order valence-electron chi connectivity index (χ2n) is 5.42. The topological polar surface area (TPSA) is 75.7 Å². The Bertz CT molecular complexity index is 776. The number of hydrogen-bond acceptors (Lipinski definition) is 5. The van der Waals surface area contributed by atoms with Crippen molar-refractivity contribution in [3.63, 3.8) is 0 Å². The van der Waals surface area contributed by atoms with Crippen LogP contribution in [0.5, 0.6) is 11.5 Å². The Morgan fingerprint density at radius 2 is 2.19 bits per heavy atom. The van der Waals surface area contributed by atoms with Gasteiger partial charge in [-0.05, 0) is 42.8 Å². The van der Waals surface area contributed by atoms with Crippen LogP contribution in [-0.4, -0.2) is 31.1 Å². The van der Waals surface area contributed by atoms with Crippen molar-refractivity contribution < 1.29 is 18.7 Å². The van der Waals surface area contributed by atoms with E-state index in [0.29, 0.717) is 37.0 Å². The molecule has 6 nitrogen and oxygen atoms in total. The lowest BCUT2D eigenvalue weighted by Crippen LogP contribution is -2.29. The van der Waals surface area contributed by atoms with Crippen molar-refractivity contribution >= 4 is 12.0 Å². The van der Waals surface area contributed by atoms with Crippen LogP contribution in [0.2, 0.25) is 0 Å². The number of rotatable bonds is 9. The summed E-state index contributed by atoms with van der Waals surface area (Å²) < 4.78 is 16.1. The van der Waals surface area contributed by atoms with E-state index in [-0.39, 0.29) is 12.3 Å². The van der Waals surface area contributed by atoms with Gasteiger partial charge in [0.15, 0.2) is 11.5 Å². The minimum Gasteiger partial charge on any atom is -0.493 e. The number of hydrogen-bond donors (Lipinski definition) is 0. The molecule has 0 N–H and O–H groups in total. The minimum absolute atomic E-state index is 0.189. The van der Waals surface area contributed by atoms with Gasteiger partial charge >= 0.3 is 0 Å². The zero-order chi connectivity index (χ0) is 18.8. The van der Waals surface area contributed by atoms with Crippen LogP contribution in [0.1, 0.15) is 24.7 Å². The van der Waals surface area contributed by atoms with E-state index in [1.54, 1.807) is 42.5 Å². The second kappa shape index (κ2) is 9.94. The molecule has 2 aromatic rings. The first-order valence-corrected chi connectivity index (χ1v) is 8.35. The summed E-state index contributed by atoms with van der Waals surface area (Å²) in [4.78, 5) is 14.1. The monoisotopic (exact) mass is 354 g/mol. The number of benzene rings is 1. The molecule has 0 spiro atoms. The highest BCUT2D eigenvalue weighted by Crippen LogP contribution is 2.28. The van der Waals surface area contributed by atoms with Gasteiger partial charge in [0.2, 0.25) is 5.91 Å². The van der Waals surface area contributed by atoms with Gasteiger partial charge in [-0.15, -0.1) is 0 Å². The second-order valence-corrected chi connectivity index (χ2v) is 5.42. The lowest BCUT2D eigenvalue weighted by atomic mass is 10.2. The summed E-state index contributed by atoms with van der Waals surface area (Å²) in [5.41, 5.74) is 0.820. The van der Waals surface area contributed by atoms with Crippen LogP contribution < -0.4 is 9.47 Å². The first kappa shape index (κ1) is 19.1. The average molecular weight is 354 g/mol. The molecule has 0 bridgehead atoms. The van der Waals surface area contributed by atoms with Gasteiger partial charge in [-0.3, -0.25) is 4.79 Å². The Morgan fingerprint density at radius 3 is 2.85 bits per heavy atom. The number of carbonyl (C=O) groups excluding carboxylic acids is 1. The fourth-order valence-corrected chi connectivity index (χ4v) is 2.38. The van der Waals surface area contributed by atoms with E-state index in [2.05, 4.69) is 6.07 Å².